The number of hydrogen-bond acceptors (Lipinski definition) is 12. The van der Waals surface area contributed by atoms with Gasteiger partial charge >= 0.3 is 5.97 Å². The number of benzene rings is 2. The van der Waals surface area contributed by atoms with Crippen molar-refractivity contribution in [3.8, 4) is 11.1 Å². The number of methoxy groups -OCH3 is 1. The maximum Gasteiger partial charge on any atom is 0.324 e. The molecule has 16 nitrogen and oxygen atoms in total. The Morgan fingerprint density at radius 3 is 2.47 bits per heavy atom. The van der Waals surface area contributed by atoms with Crippen molar-refractivity contribution in [3.63, 3.8) is 0 Å². The van der Waals surface area contributed by atoms with Gasteiger partial charge in [0.25, 0.3) is 12.3 Å². The molecule has 0 radical (unpaired) electrons. The fourth-order valence-electron chi connectivity index (χ4n) is 16.4. The lowest BCUT2D eigenvalue weighted by Crippen LogP contribution is -2.62. The zero-order valence-corrected chi connectivity index (χ0v) is 49.6. The molecule has 9 atom stereocenters. The van der Waals surface area contributed by atoms with Crippen LogP contribution >= 0.6 is 0 Å². The van der Waals surface area contributed by atoms with E-state index < -0.39 is 41.8 Å². The number of alkyl halides is 2. The van der Waals surface area contributed by atoms with Crippen LogP contribution in [0, 0.1) is 22.7 Å². The van der Waals surface area contributed by atoms with Gasteiger partial charge in [-0.05, 0) is 156 Å². The molecule has 18 heteroatoms. The Labute approximate surface area is 488 Å². The summed E-state index contributed by atoms with van der Waals surface area (Å²) in [5.41, 5.74) is 9.39. The number of esters is 1. The van der Waals surface area contributed by atoms with E-state index in [2.05, 4.69) is 86.3 Å². The minimum absolute atomic E-state index is 0.0506. The van der Waals surface area contributed by atoms with E-state index >= 15 is 18.4 Å². The first kappa shape index (κ1) is 57.0. The van der Waals surface area contributed by atoms with Crippen LogP contribution in [0.1, 0.15) is 140 Å². The highest BCUT2D eigenvalue weighted by Gasteiger charge is 2.55. The van der Waals surface area contributed by atoms with E-state index in [4.69, 9.17) is 14.5 Å². The standard InChI is InChI=1S/C65H88F2N10O6/c1-6-76-53-18-17-43-31-48(53)50(58(76)49-32-47(34-68-54(49)39(2)82-5)73-26-25-72-21-9-13-46(72)35-73)33-64(3,4)38-83-63(81)51-14-10-22-77(71-51)61(79)52(29-40-27-44(43)30-45(28-40)59(66)67)69-60(78)57(42-11-7-8-12-42)74-23-19-65(36-74)20-24-75(37-65)62(80)56-55(70-56)41-15-16-41/h17-18,27-28,30-31,34,39,41-42,46-47,51-52,55-57,59,70-71H,6-16,19-26,29,32-33,35-38H2,1-5H3,(H,69,78)/t39-,46+,47?,51-,52-,55+,56+,57-,65-/m0/s1. The summed E-state index contributed by atoms with van der Waals surface area (Å²) in [7, 11) is 1.73. The summed E-state index contributed by atoms with van der Waals surface area (Å²) in [6.45, 7) is 16.5. The van der Waals surface area contributed by atoms with Crippen molar-refractivity contribution in [1.82, 2.24) is 45.2 Å². The number of piperazine rings is 1. The Bertz CT molecular complexity index is 3060. The third-order valence-corrected chi connectivity index (χ3v) is 21.1. The van der Waals surface area contributed by atoms with E-state index in [-0.39, 0.29) is 66.5 Å². The van der Waals surface area contributed by atoms with Crippen molar-refractivity contribution in [3.05, 3.63) is 64.5 Å². The Kier molecular flexibility index (Phi) is 15.8. The first-order valence-electron chi connectivity index (χ1n) is 31.8. The smallest absolute Gasteiger partial charge is 0.324 e. The van der Waals surface area contributed by atoms with Gasteiger partial charge in [-0.2, -0.15) is 0 Å². The first-order chi connectivity index (χ1) is 40.1. The highest BCUT2D eigenvalue weighted by molar-refractivity contribution is 5.96. The van der Waals surface area contributed by atoms with Gasteiger partial charge in [0.2, 0.25) is 11.8 Å². The lowest BCUT2D eigenvalue weighted by molar-refractivity contribution is -0.155. The van der Waals surface area contributed by atoms with Gasteiger partial charge in [0, 0.05) is 123 Å². The third kappa shape index (κ3) is 11.4. The maximum atomic E-state index is 15.4. The second-order valence-corrected chi connectivity index (χ2v) is 27.4. The summed E-state index contributed by atoms with van der Waals surface area (Å²) < 4.78 is 45.6. The summed E-state index contributed by atoms with van der Waals surface area (Å²) in [4.78, 5) is 73.6. The number of fused-ring (bicyclic) bond motifs is 7. The van der Waals surface area contributed by atoms with Crippen LogP contribution in [0.25, 0.3) is 27.6 Å². The van der Waals surface area contributed by atoms with Crippen molar-refractivity contribution < 1.29 is 37.4 Å². The highest BCUT2D eigenvalue weighted by atomic mass is 19.3. The molecular formula is C65H88F2N10O6. The topological polar surface area (TPSA) is 166 Å². The number of cyclic esters (lactones) is 1. The molecule has 2 aliphatic carbocycles. The molecule has 1 spiro atoms. The van der Waals surface area contributed by atoms with Crippen LogP contribution in [0.2, 0.25) is 0 Å². The highest BCUT2D eigenvalue weighted by Crippen LogP contribution is 2.47. The third-order valence-electron chi connectivity index (χ3n) is 21.1. The van der Waals surface area contributed by atoms with E-state index in [0.29, 0.717) is 74.6 Å². The summed E-state index contributed by atoms with van der Waals surface area (Å²) in [6.07, 6.45) is 11.6. The molecule has 448 valence electrons. The predicted octanol–water partition coefficient (Wildman–Crippen LogP) is 7.52. The summed E-state index contributed by atoms with van der Waals surface area (Å²) >= 11 is 0. The van der Waals surface area contributed by atoms with Crippen molar-refractivity contribution in [2.45, 2.75) is 185 Å². The number of carbonyl (C=O) groups excluding carboxylic acids is 4. The largest absolute Gasteiger partial charge is 0.464 e. The van der Waals surface area contributed by atoms with Gasteiger partial charge in [0.05, 0.1) is 30.1 Å². The number of ether oxygens (including phenoxy) is 2. The fraction of sp³-hybridized carbons (Fsp3) is 0.677. The van der Waals surface area contributed by atoms with Crippen LogP contribution in [0.3, 0.4) is 0 Å². The van der Waals surface area contributed by atoms with Crippen molar-refractivity contribution in [2.24, 2.45) is 27.7 Å². The molecule has 2 aromatic carbocycles. The predicted molar refractivity (Wildman–Crippen MR) is 315 cm³/mol. The van der Waals surface area contributed by atoms with Gasteiger partial charge in [-0.25, -0.2) is 14.2 Å². The molecular weight excluding hydrogens is 1050 g/mol. The molecule has 6 bridgehead atoms. The number of rotatable bonds is 12. The number of aliphatic imine (C=N–C) groups is 1. The average Bonchev–Trinajstić information content (AvgIpc) is 4.31. The molecule has 10 aliphatic rings. The van der Waals surface area contributed by atoms with Crippen LogP contribution in [0.15, 0.2) is 47.1 Å². The Balaban J connectivity index is 0.855. The van der Waals surface area contributed by atoms with E-state index in [1.807, 2.05) is 12.1 Å². The van der Waals surface area contributed by atoms with Gasteiger partial charge < -0.3 is 24.3 Å². The van der Waals surface area contributed by atoms with Crippen LogP contribution in [-0.4, -0.2) is 180 Å². The number of amides is 3. The summed E-state index contributed by atoms with van der Waals surface area (Å²) in [5.74, 6) is -0.212. The molecule has 9 heterocycles. The number of carbonyl (C=O) groups is 4. The van der Waals surface area contributed by atoms with Crippen molar-refractivity contribution >= 4 is 46.4 Å². The lowest BCUT2D eigenvalue weighted by atomic mass is 9.83. The van der Waals surface area contributed by atoms with Crippen molar-refractivity contribution in [1.29, 1.82) is 0 Å². The number of hydrazine groups is 1. The van der Waals surface area contributed by atoms with Gasteiger partial charge in [0.15, 0.2) is 0 Å². The number of aromatic nitrogens is 1. The Morgan fingerprint density at radius 2 is 1.69 bits per heavy atom. The molecule has 2 saturated carbocycles. The number of likely N-dealkylation sites (tertiary alicyclic amines) is 2. The Hall–Kier alpha value is -5.11. The quantitative estimate of drug-likeness (QED) is 0.121. The zero-order chi connectivity index (χ0) is 57.5. The van der Waals surface area contributed by atoms with Crippen LogP contribution in [0.5, 0.6) is 0 Å². The molecule has 8 fully saturated rings. The molecule has 8 aliphatic heterocycles. The molecule has 3 amide bonds. The monoisotopic (exact) mass is 1140 g/mol. The molecule has 13 rings (SSSR count). The van der Waals surface area contributed by atoms with E-state index in [0.717, 1.165) is 117 Å². The zero-order valence-electron chi connectivity index (χ0n) is 49.6. The summed E-state index contributed by atoms with van der Waals surface area (Å²) in [5, 5.41) is 9.16. The Morgan fingerprint density at radius 1 is 0.892 bits per heavy atom. The van der Waals surface area contributed by atoms with Crippen LogP contribution in [0.4, 0.5) is 8.78 Å². The number of aryl methyl sites for hydroxylation is 1. The van der Waals surface area contributed by atoms with E-state index in [1.165, 1.54) is 36.8 Å². The number of halogens is 2. The van der Waals surface area contributed by atoms with Gasteiger partial charge in [-0.3, -0.25) is 49.2 Å². The minimum Gasteiger partial charge on any atom is -0.464 e. The average molecular weight is 1140 g/mol. The van der Waals surface area contributed by atoms with Gasteiger partial charge in [-0.15, -0.1) is 0 Å². The second-order valence-electron chi connectivity index (χ2n) is 27.4. The molecule has 83 heavy (non-hydrogen) atoms. The lowest BCUT2D eigenvalue weighted by Gasteiger charge is -2.42. The number of hydrogen-bond donors (Lipinski definition) is 3. The molecule has 1 unspecified atom stereocenters. The van der Waals surface area contributed by atoms with Crippen LogP contribution < -0.4 is 16.1 Å². The normalized spacial score (nSPS) is 30.8. The van der Waals surface area contributed by atoms with E-state index in [9.17, 15) is 9.59 Å². The maximum absolute atomic E-state index is 15.4. The number of nitrogens with one attached hydrogen (secondary N) is 3. The minimum atomic E-state index is -2.81. The fourth-order valence-corrected chi connectivity index (χ4v) is 16.4. The SMILES string of the molecule is CCn1c(C2=C([C@H](C)OC)N=CC(N3CCN4CCC[C@@H]4C3)C2)c2c3cc(ccc31)-c1cc(cc(C(F)F)c1)C[C@H](NC(=O)[C@H](C1CCCC1)N1CC[C@]3(CCN(C(=O)[C@@H]4N[C@@H]4C4CC4)C3)C1)C(=O)N1CCC[C@H](N1)C(=O)OCC(C)(C)C2. The van der Waals surface area contributed by atoms with Crippen molar-refractivity contribution in [2.75, 3.05) is 72.6 Å². The van der Waals surface area contributed by atoms with Gasteiger partial charge in [0.1, 0.15) is 18.1 Å². The van der Waals surface area contributed by atoms with Crippen LogP contribution in [-0.2, 0) is 48.0 Å². The second kappa shape index (κ2) is 23.0. The molecule has 1 aromatic heterocycles. The molecule has 6 saturated heterocycles. The molecule has 3 N–H and O–H groups in total. The first-order valence-corrected chi connectivity index (χ1v) is 31.8. The summed E-state index contributed by atoms with van der Waals surface area (Å²) in [6, 6.07) is 9.63. The van der Waals surface area contributed by atoms with Gasteiger partial charge in [-0.1, -0.05) is 44.9 Å². The number of nitrogens with zero attached hydrogens (tertiary/aromatic N) is 7. The van der Waals surface area contributed by atoms with E-state index in [1.54, 1.807) is 13.2 Å². The molecule has 3 aromatic rings.